The van der Waals surface area contributed by atoms with Gasteiger partial charge in [0.15, 0.2) is 0 Å². The first kappa shape index (κ1) is 18.5. The maximum absolute atomic E-state index is 11.9. The summed E-state index contributed by atoms with van der Waals surface area (Å²) in [5.41, 5.74) is 2.55. The summed E-state index contributed by atoms with van der Waals surface area (Å²) in [6.45, 7) is -0.144. The Kier molecular flexibility index (Phi) is 6.87. The molecule has 0 unspecified atom stereocenters. The van der Waals surface area contributed by atoms with Crippen LogP contribution in [-0.4, -0.2) is 29.7 Å². The number of halogens is 2. The summed E-state index contributed by atoms with van der Waals surface area (Å²) in [5.74, 6) is -0.721. The van der Waals surface area contributed by atoms with Crippen LogP contribution in [0.1, 0.15) is 37.7 Å². The molecule has 0 radical (unpaired) electrons. The number of carbonyl (C=O) groups excluding carboxylic acids is 2. The molecule has 130 valence electrons. The third kappa shape index (κ3) is 5.39. The number of hydrazone groups is 1. The van der Waals surface area contributed by atoms with E-state index >= 15 is 0 Å². The number of benzene rings is 1. The van der Waals surface area contributed by atoms with Crippen molar-refractivity contribution in [2.45, 2.75) is 32.1 Å². The monoisotopic (exact) mass is 371 g/mol. The highest BCUT2D eigenvalue weighted by atomic mass is 35.5. The molecule has 1 aliphatic carbocycles. The van der Waals surface area contributed by atoms with Gasteiger partial charge in [-0.3, -0.25) is 9.59 Å². The van der Waals surface area contributed by atoms with Crippen molar-refractivity contribution in [3.8, 4) is 5.75 Å². The zero-order valence-corrected chi connectivity index (χ0v) is 14.5. The first-order valence-corrected chi connectivity index (χ1v) is 8.50. The van der Waals surface area contributed by atoms with Gasteiger partial charge < -0.3 is 10.4 Å². The van der Waals surface area contributed by atoms with Crippen LogP contribution in [0.15, 0.2) is 17.2 Å². The molecule has 1 fully saturated rings. The number of amides is 2. The van der Waals surface area contributed by atoms with Gasteiger partial charge in [0.1, 0.15) is 5.75 Å². The zero-order chi connectivity index (χ0) is 17.5. The highest BCUT2D eigenvalue weighted by Gasteiger charge is 2.21. The van der Waals surface area contributed by atoms with Crippen molar-refractivity contribution in [3.05, 3.63) is 27.7 Å². The molecule has 24 heavy (non-hydrogen) atoms. The summed E-state index contributed by atoms with van der Waals surface area (Å²) < 4.78 is 0. The number of nitrogens with one attached hydrogen (secondary N) is 2. The lowest BCUT2D eigenvalue weighted by Gasteiger charge is -2.20. The molecular formula is C16H19Cl2N3O3. The third-order valence-electron chi connectivity index (χ3n) is 3.85. The number of aromatic hydroxyl groups is 1. The molecule has 2 amide bonds. The number of hydrogen-bond donors (Lipinski definition) is 3. The highest BCUT2D eigenvalue weighted by Crippen LogP contribution is 2.29. The quantitative estimate of drug-likeness (QED) is 0.548. The average molecular weight is 372 g/mol. The minimum atomic E-state index is -0.456. The van der Waals surface area contributed by atoms with E-state index in [1.165, 1.54) is 24.8 Å². The maximum Gasteiger partial charge on any atom is 0.259 e. The molecule has 3 N–H and O–H groups in total. The smallest absolute Gasteiger partial charge is 0.259 e. The molecule has 1 aromatic rings. The van der Waals surface area contributed by atoms with Gasteiger partial charge in [0.05, 0.1) is 17.8 Å². The summed E-state index contributed by atoms with van der Waals surface area (Å²) in [6.07, 6.45) is 6.26. The second-order valence-corrected chi connectivity index (χ2v) is 6.51. The summed E-state index contributed by atoms with van der Waals surface area (Å²) in [6, 6.07) is 2.86. The largest absolute Gasteiger partial charge is 0.506 e. The third-order valence-corrected chi connectivity index (χ3v) is 4.36. The van der Waals surface area contributed by atoms with E-state index in [0.717, 1.165) is 25.7 Å². The van der Waals surface area contributed by atoms with Gasteiger partial charge in [0, 0.05) is 16.5 Å². The molecule has 8 heteroatoms. The van der Waals surface area contributed by atoms with Gasteiger partial charge in [-0.2, -0.15) is 5.10 Å². The van der Waals surface area contributed by atoms with Crippen LogP contribution >= 0.6 is 23.2 Å². The van der Waals surface area contributed by atoms with Crippen LogP contribution in [0, 0.1) is 5.92 Å². The first-order chi connectivity index (χ1) is 11.5. The van der Waals surface area contributed by atoms with Crippen LogP contribution < -0.4 is 10.7 Å². The summed E-state index contributed by atoms with van der Waals surface area (Å²) in [7, 11) is 0. The zero-order valence-electron chi connectivity index (χ0n) is 13.0. The van der Waals surface area contributed by atoms with Crippen molar-refractivity contribution in [1.82, 2.24) is 10.7 Å². The lowest BCUT2D eigenvalue weighted by atomic mass is 9.89. The molecule has 1 aromatic carbocycles. The average Bonchev–Trinajstić information content (AvgIpc) is 2.57. The topological polar surface area (TPSA) is 90.8 Å². The summed E-state index contributed by atoms with van der Waals surface area (Å²) >= 11 is 11.6. The van der Waals surface area contributed by atoms with E-state index in [2.05, 4.69) is 15.8 Å². The van der Waals surface area contributed by atoms with Gasteiger partial charge in [0.25, 0.3) is 5.91 Å². The SMILES string of the molecule is O=C(CNC(=O)C1CCCCC1)N/N=C/c1cc(Cl)cc(Cl)c1O. The van der Waals surface area contributed by atoms with Crippen LogP contribution in [-0.2, 0) is 9.59 Å². The Morgan fingerprint density at radius 3 is 2.67 bits per heavy atom. The highest BCUT2D eigenvalue weighted by molar-refractivity contribution is 6.36. The van der Waals surface area contributed by atoms with Gasteiger partial charge in [-0.25, -0.2) is 5.43 Å². The first-order valence-electron chi connectivity index (χ1n) is 7.75. The van der Waals surface area contributed by atoms with E-state index in [1.54, 1.807) is 0 Å². The van der Waals surface area contributed by atoms with E-state index in [9.17, 15) is 14.7 Å². The van der Waals surface area contributed by atoms with Gasteiger partial charge >= 0.3 is 0 Å². The van der Waals surface area contributed by atoms with Crippen LogP contribution in [0.4, 0.5) is 0 Å². The predicted molar refractivity (Wildman–Crippen MR) is 93.4 cm³/mol. The standard InChI is InChI=1S/C16H19Cl2N3O3/c17-12-6-11(15(23)13(18)7-12)8-20-21-14(22)9-19-16(24)10-4-2-1-3-5-10/h6-8,10,23H,1-5,9H2,(H,19,24)(H,21,22)/b20-8+. The van der Waals surface area contributed by atoms with Crippen molar-refractivity contribution in [3.63, 3.8) is 0 Å². The molecule has 0 aliphatic heterocycles. The van der Waals surface area contributed by atoms with E-state index in [-0.39, 0.29) is 34.7 Å². The van der Waals surface area contributed by atoms with Crippen molar-refractivity contribution in [1.29, 1.82) is 0 Å². The molecule has 6 nitrogen and oxygen atoms in total. The van der Waals surface area contributed by atoms with E-state index in [1.807, 2.05) is 0 Å². The van der Waals surface area contributed by atoms with Gasteiger partial charge in [-0.1, -0.05) is 42.5 Å². The van der Waals surface area contributed by atoms with Crippen LogP contribution in [0.3, 0.4) is 0 Å². The van der Waals surface area contributed by atoms with Crippen molar-refractivity contribution in [2.75, 3.05) is 6.54 Å². The fourth-order valence-electron chi connectivity index (χ4n) is 2.57. The lowest BCUT2D eigenvalue weighted by Crippen LogP contribution is -2.38. The molecule has 0 aromatic heterocycles. The fraction of sp³-hybridized carbons (Fsp3) is 0.438. The van der Waals surface area contributed by atoms with Gasteiger partial charge in [-0.15, -0.1) is 0 Å². The molecule has 0 heterocycles. The molecular weight excluding hydrogens is 353 g/mol. The summed E-state index contributed by atoms with van der Waals surface area (Å²) in [5, 5.41) is 16.5. The van der Waals surface area contributed by atoms with Gasteiger partial charge in [0.2, 0.25) is 5.91 Å². The Hall–Kier alpha value is -1.79. The maximum atomic E-state index is 11.9. The Bertz CT molecular complexity index is 644. The van der Waals surface area contributed by atoms with Crippen LogP contribution in [0.2, 0.25) is 10.0 Å². The number of rotatable bonds is 5. The molecule has 0 atom stereocenters. The molecule has 2 rings (SSSR count). The fourth-order valence-corrected chi connectivity index (χ4v) is 3.08. The number of carbonyl (C=O) groups is 2. The second kappa shape index (κ2) is 8.89. The van der Waals surface area contributed by atoms with Crippen molar-refractivity contribution >= 4 is 41.2 Å². The van der Waals surface area contributed by atoms with Crippen molar-refractivity contribution < 1.29 is 14.7 Å². The normalized spacial score (nSPS) is 15.4. The molecule has 0 saturated heterocycles. The summed E-state index contributed by atoms with van der Waals surface area (Å²) in [4.78, 5) is 23.6. The van der Waals surface area contributed by atoms with Crippen LogP contribution in [0.25, 0.3) is 0 Å². The Morgan fingerprint density at radius 1 is 1.25 bits per heavy atom. The molecule has 0 spiro atoms. The Morgan fingerprint density at radius 2 is 1.96 bits per heavy atom. The number of phenolic OH excluding ortho intramolecular Hbond substituents is 1. The lowest BCUT2D eigenvalue weighted by molar-refractivity contribution is -0.129. The Balaban J connectivity index is 1.79. The van der Waals surface area contributed by atoms with E-state index in [0.29, 0.717) is 5.02 Å². The van der Waals surface area contributed by atoms with E-state index < -0.39 is 5.91 Å². The molecule has 1 saturated carbocycles. The minimum Gasteiger partial charge on any atom is -0.506 e. The van der Waals surface area contributed by atoms with E-state index in [4.69, 9.17) is 23.2 Å². The molecule has 1 aliphatic rings. The second-order valence-electron chi connectivity index (χ2n) is 5.67. The number of nitrogens with zero attached hydrogens (tertiary/aromatic N) is 1. The number of phenols is 1. The van der Waals surface area contributed by atoms with Crippen LogP contribution in [0.5, 0.6) is 5.75 Å². The Labute approximate surface area is 150 Å². The predicted octanol–water partition coefficient (Wildman–Crippen LogP) is 2.85. The minimum absolute atomic E-state index is 0.000556. The van der Waals surface area contributed by atoms with Crippen molar-refractivity contribution in [2.24, 2.45) is 11.0 Å². The molecule has 0 bridgehead atoms. The van der Waals surface area contributed by atoms with Gasteiger partial charge in [-0.05, 0) is 25.0 Å². The number of hydrogen-bond acceptors (Lipinski definition) is 4.